The van der Waals surface area contributed by atoms with Crippen LogP contribution in [0.4, 0.5) is 28.9 Å². The van der Waals surface area contributed by atoms with E-state index in [9.17, 15) is 17.6 Å². The maximum atomic E-state index is 13.2. The van der Waals surface area contributed by atoms with Crippen molar-refractivity contribution in [3.05, 3.63) is 59.7 Å². The molecule has 0 saturated heterocycles. The minimum Gasteiger partial charge on any atom is -0.342 e. The fourth-order valence-corrected chi connectivity index (χ4v) is 1.41. The standard InChI is InChI=1S/C13H8F4N2/c14-8-3-1-4-9(15)12(8)18-7-19-13-10(16)5-2-6-11(13)17/h1-7H,(H,18,19). The molecule has 2 nitrogen and oxygen atoms in total. The van der Waals surface area contributed by atoms with E-state index in [4.69, 9.17) is 0 Å². The third kappa shape index (κ3) is 2.90. The van der Waals surface area contributed by atoms with Gasteiger partial charge >= 0.3 is 0 Å². The molecule has 0 spiro atoms. The molecule has 6 heteroatoms. The summed E-state index contributed by atoms with van der Waals surface area (Å²) in [6.07, 6.45) is 0.822. The van der Waals surface area contributed by atoms with Gasteiger partial charge in [-0.1, -0.05) is 12.1 Å². The fraction of sp³-hybridized carbons (Fsp3) is 0. The quantitative estimate of drug-likeness (QED) is 0.507. The van der Waals surface area contributed by atoms with Crippen LogP contribution in [0.2, 0.25) is 0 Å². The van der Waals surface area contributed by atoms with E-state index in [1.54, 1.807) is 0 Å². The van der Waals surface area contributed by atoms with Crippen LogP contribution in [0.5, 0.6) is 0 Å². The van der Waals surface area contributed by atoms with Gasteiger partial charge in [-0.3, -0.25) is 0 Å². The summed E-state index contributed by atoms with van der Waals surface area (Å²) < 4.78 is 52.9. The van der Waals surface area contributed by atoms with Gasteiger partial charge in [-0.15, -0.1) is 0 Å². The summed E-state index contributed by atoms with van der Waals surface area (Å²) in [7, 11) is 0. The van der Waals surface area contributed by atoms with Gasteiger partial charge in [-0.25, -0.2) is 22.6 Å². The van der Waals surface area contributed by atoms with Crippen molar-refractivity contribution < 1.29 is 17.6 Å². The predicted octanol–water partition coefficient (Wildman–Crippen LogP) is 4.01. The highest BCUT2D eigenvalue weighted by atomic mass is 19.1. The number of benzene rings is 2. The van der Waals surface area contributed by atoms with Crippen LogP contribution in [-0.2, 0) is 0 Å². The van der Waals surface area contributed by atoms with Crippen LogP contribution in [0.25, 0.3) is 0 Å². The number of hydrogen-bond donors (Lipinski definition) is 1. The Morgan fingerprint density at radius 2 is 1.26 bits per heavy atom. The molecule has 0 radical (unpaired) electrons. The molecule has 0 aliphatic rings. The predicted molar refractivity (Wildman–Crippen MR) is 64.5 cm³/mol. The molecule has 0 bridgehead atoms. The number of hydrogen-bond acceptors (Lipinski definition) is 1. The molecule has 0 aliphatic heterocycles. The first-order chi connectivity index (χ1) is 9.09. The topological polar surface area (TPSA) is 24.4 Å². The number of aliphatic imine (C=N–C) groups is 1. The first kappa shape index (κ1) is 13.1. The highest BCUT2D eigenvalue weighted by Crippen LogP contribution is 2.21. The van der Waals surface area contributed by atoms with Gasteiger partial charge in [0.1, 0.15) is 23.0 Å². The Morgan fingerprint density at radius 1 is 0.789 bits per heavy atom. The first-order valence-corrected chi connectivity index (χ1v) is 5.26. The Hall–Kier alpha value is -2.37. The number of anilines is 1. The Labute approximate surface area is 106 Å². The lowest BCUT2D eigenvalue weighted by Gasteiger charge is -2.03. The molecule has 0 saturated carbocycles. The molecule has 0 unspecified atom stereocenters. The number of nitrogens with zero attached hydrogens (tertiary/aromatic N) is 1. The smallest absolute Gasteiger partial charge is 0.151 e. The zero-order valence-corrected chi connectivity index (χ0v) is 9.50. The molecule has 0 aliphatic carbocycles. The molecule has 19 heavy (non-hydrogen) atoms. The van der Waals surface area contributed by atoms with E-state index in [0.717, 1.165) is 30.6 Å². The molecule has 0 atom stereocenters. The van der Waals surface area contributed by atoms with Crippen molar-refractivity contribution in [2.24, 2.45) is 4.99 Å². The van der Waals surface area contributed by atoms with Crippen LogP contribution in [0.1, 0.15) is 0 Å². The molecule has 0 aromatic heterocycles. The van der Waals surface area contributed by atoms with E-state index in [2.05, 4.69) is 10.3 Å². The first-order valence-electron chi connectivity index (χ1n) is 5.26. The Kier molecular flexibility index (Phi) is 3.79. The Morgan fingerprint density at radius 3 is 1.79 bits per heavy atom. The second-order valence-electron chi connectivity index (χ2n) is 3.57. The van der Waals surface area contributed by atoms with Crippen molar-refractivity contribution in [1.29, 1.82) is 0 Å². The van der Waals surface area contributed by atoms with Crippen LogP contribution in [0.15, 0.2) is 41.4 Å². The summed E-state index contributed by atoms with van der Waals surface area (Å²) in [5.74, 6) is -3.40. The maximum absolute atomic E-state index is 13.2. The van der Waals surface area contributed by atoms with Crippen LogP contribution < -0.4 is 5.32 Å². The average Bonchev–Trinajstić information content (AvgIpc) is 2.36. The third-order valence-electron chi connectivity index (χ3n) is 2.30. The number of nitrogens with one attached hydrogen (secondary N) is 1. The molecule has 0 amide bonds. The lowest BCUT2D eigenvalue weighted by Crippen LogP contribution is -2.00. The molecule has 0 fully saturated rings. The number of rotatable bonds is 3. The Balaban J connectivity index is 2.21. The minimum absolute atomic E-state index is 0.442. The van der Waals surface area contributed by atoms with Gasteiger partial charge in [-0.2, -0.15) is 0 Å². The van der Waals surface area contributed by atoms with Gasteiger partial charge in [0.05, 0.1) is 6.34 Å². The number of para-hydroxylation sites is 2. The van der Waals surface area contributed by atoms with E-state index < -0.39 is 34.6 Å². The zero-order chi connectivity index (χ0) is 13.8. The summed E-state index contributed by atoms with van der Waals surface area (Å²) >= 11 is 0. The van der Waals surface area contributed by atoms with Gasteiger partial charge in [0.25, 0.3) is 0 Å². The summed E-state index contributed by atoms with van der Waals surface area (Å²) in [6.45, 7) is 0. The molecular weight excluding hydrogens is 260 g/mol. The largest absolute Gasteiger partial charge is 0.342 e. The second kappa shape index (κ2) is 5.51. The van der Waals surface area contributed by atoms with Crippen LogP contribution in [0, 0.1) is 23.3 Å². The van der Waals surface area contributed by atoms with Crippen LogP contribution in [-0.4, -0.2) is 6.34 Å². The molecule has 2 rings (SSSR count). The van der Waals surface area contributed by atoms with Crippen molar-refractivity contribution in [2.45, 2.75) is 0 Å². The van der Waals surface area contributed by atoms with Crippen LogP contribution >= 0.6 is 0 Å². The lowest BCUT2D eigenvalue weighted by atomic mass is 10.3. The highest BCUT2D eigenvalue weighted by molar-refractivity contribution is 5.78. The third-order valence-corrected chi connectivity index (χ3v) is 2.30. The molecule has 1 N–H and O–H groups in total. The van der Waals surface area contributed by atoms with E-state index >= 15 is 0 Å². The fourth-order valence-electron chi connectivity index (χ4n) is 1.41. The van der Waals surface area contributed by atoms with Gasteiger partial charge in [0.2, 0.25) is 0 Å². The van der Waals surface area contributed by atoms with Crippen molar-refractivity contribution in [1.82, 2.24) is 0 Å². The number of halogens is 4. The van der Waals surface area contributed by atoms with Crippen molar-refractivity contribution in [3.8, 4) is 0 Å². The molecule has 2 aromatic rings. The summed E-state index contributed by atoms with van der Waals surface area (Å²) in [5, 5.41) is 2.21. The van der Waals surface area contributed by atoms with E-state index in [0.29, 0.717) is 0 Å². The van der Waals surface area contributed by atoms with Crippen molar-refractivity contribution in [2.75, 3.05) is 5.32 Å². The summed E-state index contributed by atoms with van der Waals surface area (Å²) in [5.41, 5.74) is -0.977. The van der Waals surface area contributed by atoms with Crippen molar-refractivity contribution in [3.63, 3.8) is 0 Å². The Bertz CT molecular complexity index is 586. The molecule has 98 valence electrons. The van der Waals surface area contributed by atoms with Gasteiger partial charge in [0.15, 0.2) is 11.6 Å². The highest BCUT2D eigenvalue weighted by Gasteiger charge is 2.08. The molecule has 2 aromatic carbocycles. The average molecular weight is 268 g/mol. The summed E-state index contributed by atoms with van der Waals surface area (Å²) in [4.78, 5) is 3.46. The van der Waals surface area contributed by atoms with E-state index in [1.807, 2.05) is 0 Å². The minimum atomic E-state index is -0.868. The van der Waals surface area contributed by atoms with Gasteiger partial charge < -0.3 is 5.32 Å². The molecule has 0 heterocycles. The normalized spacial score (nSPS) is 10.9. The summed E-state index contributed by atoms with van der Waals surface area (Å²) in [6, 6.07) is 6.53. The maximum Gasteiger partial charge on any atom is 0.151 e. The zero-order valence-electron chi connectivity index (χ0n) is 9.50. The van der Waals surface area contributed by atoms with E-state index in [-0.39, 0.29) is 0 Å². The SMILES string of the molecule is Fc1cccc(F)c1N=CNc1c(F)cccc1F. The van der Waals surface area contributed by atoms with Crippen LogP contribution in [0.3, 0.4) is 0 Å². The molecular formula is C13H8F4N2. The monoisotopic (exact) mass is 268 g/mol. The van der Waals surface area contributed by atoms with E-state index in [1.165, 1.54) is 12.1 Å². The van der Waals surface area contributed by atoms with Crippen molar-refractivity contribution >= 4 is 17.7 Å². The van der Waals surface area contributed by atoms with Gasteiger partial charge in [0, 0.05) is 0 Å². The lowest BCUT2D eigenvalue weighted by molar-refractivity contribution is 0.587. The second-order valence-corrected chi connectivity index (χ2v) is 3.57. The van der Waals surface area contributed by atoms with Gasteiger partial charge in [-0.05, 0) is 24.3 Å².